The number of nitrogen functional groups attached to an aromatic ring is 1. The lowest BCUT2D eigenvalue weighted by Gasteiger charge is -2.12. The molecule has 0 radical (unpaired) electrons. The summed E-state index contributed by atoms with van der Waals surface area (Å²) in [7, 11) is 0. The Balaban J connectivity index is 1.59. The number of carbonyl (C=O) groups excluding carboxylic acids is 1. The average molecular weight is 448 g/mol. The highest BCUT2D eigenvalue weighted by Crippen LogP contribution is 2.25. The molecule has 31 heavy (non-hydrogen) atoms. The number of para-hydroxylation sites is 1. The maximum atomic E-state index is 13.7. The van der Waals surface area contributed by atoms with Gasteiger partial charge in [0.2, 0.25) is 11.1 Å². The summed E-state index contributed by atoms with van der Waals surface area (Å²) in [5, 5.41) is 9.75. The molecule has 3 rings (SSSR count). The van der Waals surface area contributed by atoms with Crippen molar-refractivity contribution in [1.82, 2.24) is 14.9 Å². The lowest BCUT2D eigenvalue weighted by atomic mass is 10.0. The van der Waals surface area contributed by atoms with Gasteiger partial charge >= 0.3 is 0 Å². The van der Waals surface area contributed by atoms with Crippen molar-refractivity contribution in [3.8, 4) is 5.75 Å². The average Bonchev–Trinajstić information content (AvgIpc) is 3.08. The Hall–Kier alpha value is -3.14. The molecule has 10 heteroatoms. The predicted octanol–water partition coefficient (Wildman–Crippen LogP) is 4.09. The van der Waals surface area contributed by atoms with Crippen molar-refractivity contribution in [2.75, 3.05) is 11.2 Å². The molecule has 0 aliphatic heterocycles. The lowest BCUT2D eigenvalue weighted by molar-refractivity contribution is -0.115. The van der Waals surface area contributed by atoms with E-state index in [2.05, 4.69) is 29.4 Å². The van der Waals surface area contributed by atoms with E-state index in [0.717, 1.165) is 23.9 Å². The van der Waals surface area contributed by atoms with Gasteiger partial charge in [-0.1, -0.05) is 43.8 Å². The van der Waals surface area contributed by atoms with Crippen LogP contribution in [0, 0.1) is 11.6 Å². The van der Waals surface area contributed by atoms with E-state index >= 15 is 0 Å². The van der Waals surface area contributed by atoms with Gasteiger partial charge in [-0.3, -0.25) is 4.79 Å². The van der Waals surface area contributed by atoms with Crippen LogP contribution < -0.4 is 15.9 Å². The molecule has 1 unspecified atom stereocenters. The van der Waals surface area contributed by atoms with Gasteiger partial charge < -0.3 is 15.9 Å². The zero-order valence-corrected chi connectivity index (χ0v) is 18.1. The van der Waals surface area contributed by atoms with Gasteiger partial charge in [0.05, 0.1) is 5.25 Å². The quantitative estimate of drug-likeness (QED) is 0.399. The van der Waals surface area contributed by atoms with E-state index in [0.29, 0.717) is 17.5 Å². The fraction of sp³-hybridized carbons (Fsp3) is 0.286. The topological polar surface area (TPSA) is 95.1 Å². The number of hydrogen-bond donors (Lipinski definition) is 2. The van der Waals surface area contributed by atoms with Crippen molar-refractivity contribution in [3.63, 3.8) is 0 Å². The number of nitrogens with two attached hydrogens (primary N) is 1. The molecule has 1 atom stereocenters. The lowest BCUT2D eigenvalue weighted by Crippen LogP contribution is -2.25. The second-order valence-electron chi connectivity index (χ2n) is 7.13. The minimum Gasteiger partial charge on any atom is -0.486 e. The number of carbonyl (C=O) groups is 1. The van der Waals surface area contributed by atoms with Gasteiger partial charge in [0.15, 0.2) is 5.82 Å². The molecule has 164 valence electrons. The van der Waals surface area contributed by atoms with E-state index in [1.807, 2.05) is 24.3 Å². The van der Waals surface area contributed by atoms with Gasteiger partial charge in [-0.15, -0.1) is 10.2 Å². The van der Waals surface area contributed by atoms with Crippen molar-refractivity contribution in [2.24, 2.45) is 0 Å². The Morgan fingerprint density at radius 2 is 1.77 bits per heavy atom. The highest BCUT2D eigenvalue weighted by molar-refractivity contribution is 8.00. The first-order valence-electron chi connectivity index (χ1n) is 9.60. The number of benzene rings is 2. The predicted molar refractivity (Wildman–Crippen MR) is 115 cm³/mol. The third-order valence-corrected chi connectivity index (χ3v) is 5.57. The van der Waals surface area contributed by atoms with E-state index < -0.39 is 28.5 Å². The number of nitrogens with one attached hydrogen (secondary N) is 1. The Morgan fingerprint density at radius 3 is 2.39 bits per heavy atom. The zero-order chi connectivity index (χ0) is 22.5. The minimum absolute atomic E-state index is 0.0894. The molecule has 0 saturated heterocycles. The van der Waals surface area contributed by atoms with Crippen LogP contribution in [0.5, 0.6) is 5.75 Å². The van der Waals surface area contributed by atoms with Crippen LogP contribution in [0.3, 0.4) is 0 Å². The smallest absolute Gasteiger partial charge is 0.237 e. The Kier molecular flexibility index (Phi) is 7.11. The fourth-order valence-electron chi connectivity index (χ4n) is 2.64. The van der Waals surface area contributed by atoms with Crippen molar-refractivity contribution in [3.05, 3.63) is 65.5 Å². The standard InChI is InChI=1S/C21H23F2N5O2S/c1-12(2)14-7-9-15(10-8-14)30-11-18-26-27-21(28(18)24)31-13(3)20(29)25-19-16(22)5-4-6-17(19)23/h4-10,12-13H,11,24H2,1-3H3,(H,25,29). The number of thioether (sulfide) groups is 1. The molecule has 7 nitrogen and oxygen atoms in total. The zero-order valence-electron chi connectivity index (χ0n) is 17.3. The van der Waals surface area contributed by atoms with Crippen LogP contribution in [0.25, 0.3) is 0 Å². The fourth-order valence-corrected chi connectivity index (χ4v) is 3.43. The maximum Gasteiger partial charge on any atom is 0.237 e. The molecule has 3 aromatic rings. The van der Waals surface area contributed by atoms with Crippen LogP contribution in [-0.4, -0.2) is 26.0 Å². The summed E-state index contributed by atoms with van der Waals surface area (Å²) in [4.78, 5) is 12.3. The van der Waals surface area contributed by atoms with E-state index in [-0.39, 0.29) is 11.8 Å². The summed E-state index contributed by atoms with van der Waals surface area (Å²) in [5.74, 6) is 5.17. The number of anilines is 1. The van der Waals surface area contributed by atoms with E-state index in [4.69, 9.17) is 10.6 Å². The largest absolute Gasteiger partial charge is 0.486 e. The first kappa shape index (κ1) is 22.5. The van der Waals surface area contributed by atoms with Crippen LogP contribution in [-0.2, 0) is 11.4 Å². The van der Waals surface area contributed by atoms with Crippen molar-refractivity contribution < 1.29 is 18.3 Å². The highest BCUT2D eigenvalue weighted by Gasteiger charge is 2.21. The number of nitrogens with zero attached hydrogens (tertiary/aromatic N) is 3. The number of rotatable bonds is 8. The molecule has 1 heterocycles. The van der Waals surface area contributed by atoms with Crippen molar-refractivity contribution >= 4 is 23.4 Å². The minimum atomic E-state index is -0.853. The molecule has 1 amide bonds. The second-order valence-corrected chi connectivity index (χ2v) is 8.44. The summed E-state index contributed by atoms with van der Waals surface area (Å²) < 4.78 is 34.4. The summed E-state index contributed by atoms with van der Waals surface area (Å²) in [6.45, 7) is 5.88. The number of hydrogen-bond acceptors (Lipinski definition) is 6. The number of ether oxygens (including phenoxy) is 1. The van der Waals surface area contributed by atoms with Gasteiger partial charge in [-0.2, -0.15) is 0 Å². The molecule has 1 aromatic heterocycles. The maximum absolute atomic E-state index is 13.7. The number of halogens is 2. The molecule has 2 aromatic carbocycles. The molecule has 0 fully saturated rings. The Morgan fingerprint density at radius 1 is 1.13 bits per heavy atom. The van der Waals surface area contributed by atoms with Crippen LogP contribution in [0.15, 0.2) is 47.6 Å². The summed E-state index contributed by atoms with van der Waals surface area (Å²) in [6, 6.07) is 11.1. The third kappa shape index (κ3) is 5.52. The molecule has 0 aliphatic rings. The normalized spacial score (nSPS) is 12.1. The number of aromatic nitrogens is 3. The molecule has 0 saturated carbocycles. The summed E-state index contributed by atoms with van der Waals surface area (Å²) in [5.41, 5.74) is 0.710. The highest BCUT2D eigenvalue weighted by atomic mass is 32.2. The summed E-state index contributed by atoms with van der Waals surface area (Å²) >= 11 is 1.01. The molecule has 3 N–H and O–H groups in total. The van der Waals surface area contributed by atoms with E-state index in [1.54, 1.807) is 6.92 Å². The second kappa shape index (κ2) is 9.78. The van der Waals surface area contributed by atoms with Crippen LogP contribution >= 0.6 is 11.8 Å². The first-order chi connectivity index (χ1) is 14.8. The van der Waals surface area contributed by atoms with Crippen LogP contribution in [0.4, 0.5) is 14.5 Å². The van der Waals surface area contributed by atoms with E-state index in [1.165, 1.54) is 16.3 Å². The van der Waals surface area contributed by atoms with Gasteiger partial charge in [-0.05, 0) is 42.7 Å². The molecule has 0 bridgehead atoms. The van der Waals surface area contributed by atoms with Gasteiger partial charge in [-0.25, -0.2) is 13.5 Å². The third-order valence-electron chi connectivity index (χ3n) is 4.51. The van der Waals surface area contributed by atoms with E-state index in [9.17, 15) is 13.6 Å². The van der Waals surface area contributed by atoms with Gasteiger partial charge in [0.1, 0.15) is 29.7 Å². The Bertz CT molecular complexity index is 1040. The molecule has 0 aliphatic carbocycles. The van der Waals surface area contributed by atoms with Gasteiger partial charge in [0, 0.05) is 0 Å². The number of amides is 1. The summed E-state index contributed by atoms with van der Waals surface area (Å²) in [6.07, 6.45) is 0. The van der Waals surface area contributed by atoms with Crippen LogP contribution in [0.1, 0.15) is 38.1 Å². The van der Waals surface area contributed by atoms with Crippen LogP contribution in [0.2, 0.25) is 0 Å². The molecular formula is C21H23F2N5O2S. The first-order valence-corrected chi connectivity index (χ1v) is 10.5. The van der Waals surface area contributed by atoms with Crippen molar-refractivity contribution in [1.29, 1.82) is 0 Å². The SMILES string of the molecule is CC(Sc1nnc(COc2ccc(C(C)C)cc2)n1N)C(=O)Nc1c(F)cccc1F. The molecule has 0 spiro atoms. The molecular weight excluding hydrogens is 424 g/mol. The Labute approximate surface area is 183 Å². The van der Waals surface area contributed by atoms with Gasteiger partial charge in [0.25, 0.3) is 0 Å². The monoisotopic (exact) mass is 447 g/mol. The van der Waals surface area contributed by atoms with Crippen molar-refractivity contribution in [2.45, 2.75) is 43.7 Å².